The van der Waals surface area contributed by atoms with Crippen LogP contribution in [0.4, 0.5) is 11.4 Å². The van der Waals surface area contributed by atoms with Gasteiger partial charge in [-0.25, -0.2) is 0 Å². The lowest BCUT2D eigenvalue weighted by Gasteiger charge is -2.07. The van der Waals surface area contributed by atoms with E-state index in [1.807, 2.05) is 0 Å². The number of aromatic nitrogens is 3. The summed E-state index contributed by atoms with van der Waals surface area (Å²) in [5.74, 6) is -0.571. The van der Waals surface area contributed by atoms with Gasteiger partial charge in [-0.15, -0.1) is 10.2 Å². The summed E-state index contributed by atoms with van der Waals surface area (Å²) in [5.41, 5.74) is 0.950. The first-order chi connectivity index (χ1) is 13.3. The average molecular weight is 397 g/mol. The number of hydrogen-bond donors (Lipinski definition) is 1. The number of nitrogens with one attached hydrogen (secondary N) is 1. The first-order valence-electron chi connectivity index (χ1n) is 8.08. The Balaban J connectivity index is 1.82. The molecule has 142 valence electrons. The number of nitro groups is 1. The second kappa shape index (κ2) is 8.01. The van der Waals surface area contributed by atoms with Crippen molar-refractivity contribution in [1.29, 1.82) is 0 Å². The predicted molar refractivity (Wildman–Crippen MR) is 103 cm³/mol. The molecule has 1 aromatic heterocycles. The Kier molecular flexibility index (Phi) is 5.50. The maximum atomic E-state index is 12.5. The molecule has 10 heteroatoms. The molecule has 1 amide bonds. The number of benzene rings is 2. The van der Waals surface area contributed by atoms with Gasteiger partial charge in [0.2, 0.25) is 0 Å². The number of hydrogen-bond acceptors (Lipinski definition) is 7. The normalized spacial score (nSPS) is 10.5. The Morgan fingerprint density at radius 2 is 1.82 bits per heavy atom. The molecule has 0 fully saturated rings. The van der Waals surface area contributed by atoms with Crippen LogP contribution in [0, 0.1) is 10.1 Å². The summed E-state index contributed by atoms with van der Waals surface area (Å²) in [6.45, 7) is 1.45. The third-order valence-corrected chi connectivity index (χ3v) is 4.96. The second-order valence-corrected chi connectivity index (χ2v) is 6.86. The van der Waals surface area contributed by atoms with Gasteiger partial charge in [0.25, 0.3) is 11.6 Å². The summed E-state index contributed by atoms with van der Waals surface area (Å²) in [6, 6.07) is 10.6. The highest BCUT2D eigenvalue weighted by atomic mass is 32.2. The molecule has 0 aliphatic heterocycles. The maximum absolute atomic E-state index is 12.5. The van der Waals surface area contributed by atoms with Crippen LogP contribution < -0.4 is 5.32 Å². The molecule has 3 aromatic rings. The van der Waals surface area contributed by atoms with Crippen LogP contribution in [0.25, 0.3) is 0 Å². The maximum Gasteiger partial charge on any atom is 0.284 e. The van der Waals surface area contributed by atoms with Gasteiger partial charge in [-0.05, 0) is 55.1 Å². The zero-order valence-corrected chi connectivity index (χ0v) is 15.8. The van der Waals surface area contributed by atoms with Crippen molar-refractivity contribution in [3.8, 4) is 0 Å². The highest BCUT2D eigenvalue weighted by Crippen LogP contribution is 2.34. The van der Waals surface area contributed by atoms with Crippen molar-refractivity contribution in [2.75, 3.05) is 5.32 Å². The molecule has 3 rings (SSSR count). The number of anilines is 1. The van der Waals surface area contributed by atoms with E-state index in [4.69, 9.17) is 0 Å². The number of nitro benzene ring substituents is 1. The Bertz CT molecular complexity index is 1060. The van der Waals surface area contributed by atoms with Gasteiger partial charge in [0, 0.05) is 29.9 Å². The van der Waals surface area contributed by atoms with E-state index in [0.717, 1.165) is 11.8 Å². The van der Waals surface area contributed by atoms with Crippen LogP contribution in [0.5, 0.6) is 0 Å². The van der Waals surface area contributed by atoms with Crippen LogP contribution in [-0.2, 0) is 7.05 Å². The predicted octanol–water partition coefficient (Wildman–Crippen LogP) is 3.33. The lowest BCUT2D eigenvalue weighted by Crippen LogP contribution is -2.12. The van der Waals surface area contributed by atoms with Crippen molar-refractivity contribution in [1.82, 2.24) is 14.8 Å². The number of ketones is 1. The number of rotatable bonds is 6. The zero-order chi connectivity index (χ0) is 20.3. The number of Topliss-reactive ketones (excluding diaryl/α,β-unsaturated/α-hetero) is 1. The van der Waals surface area contributed by atoms with Crippen molar-refractivity contribution < 1.29 is 14.5 Å². The molecule has 1 N–H and O–H groups in total. The van der Waals surface area contributed by atoms with E-state index < -0.39 is 10.8 Å². The fourth-order valence-corrected chi connectivity index (χ4v) is 3.19. The summed E-state index contributed by atoms with van der Waals surface area (Å²) in [7, 11) is 1.73. The minimum Gasteiger partial charge on any atom is -0.322 e. The lowest BCUT2D eigenvalue weighted by atomic mass is 10.1. The Morgan fingerprint density at radius 3 is 2.39 bits per heavy atom. The fourth-order valence-electron chi connectivity index (χ4n) is 2.34. The van der Waals surface area contributed by atoms with Crippen LogP contribution in [0.1, 0.15) is 27.6 Å². The molecule has 9 nitrogen and oxygen atoms in total. The first kappa shape index (κ1) is 19.2. The van der Waals surface area contributed by atoms with Gasteiger partial charge in [-0.1, -0.05) is 0 Å². The van der Waals surface area contributed by atoms with Gasteiger partial charge < -0.3 is 9.88 Å². The van der Waals surface area contributed by atoms with E-state index >= 15 is 0 Å². The Morgan fingerprint density at radius 1 is 1.14 bits per heavy atom. The van der Waals surface area contributed by atoms with Gasteiger partial charge in [0.05, 0.1) is 9.82 Å². The fraction of sp³-hybridized carbons (Fsp3) is 0.111. The van der Waals surface area contributed by atoms with Crippen molar-refractivity contribution >= 4 is 34.8 Å². The summed E-state index contributed by atoms with van der Waals surface area (Å²) >= 11 is 1.09. The van der Waals surface area contributed by atoms with Crippen LogP contribution in [0.2, 0.25) is 0 Å². The average Bonchev–Trinajstić information content (AvgIpc) is 3.07. The van der Waals surface area contributed by atoms with Gasteiger partial charge >= 0.3 is 0 Å². The molecule has 0 saturated carbocycles. The lowest BCUT2D eigenvalue weighted by molar-refractivity contribution is -0.387. The van der Waals surface area contributed by atoms with Crippen molar-refractivity contribution in [3.05, 3.63) is 70.0 Å². The first-order valence-corrected chi connectivity index (χ1v) is 8.89. The van der Waals surface area contributed by atoms with Gasteiger partial charge in [-0.2, -0.15) is 0 Å². The molecule has 0 atom stereocenters. The summed E-state index contributed by atoms with van der Waals surface area (Å²) in [6.07, 6.45) is 1.49. The van der Waals surface area contributed by atoms with Gasteiger partial charge in [-0.3, -0.25) is 19.7 Å². The van der Waals surface area contributed by atoms with Crippen molar-refractivity contribution in [2.45, 2.75) is 17.0 Å². The molecular formula is C18H15N5O4S. The van der Waals surface area contributed by atoms with E-state index in [0.29, 0.717) is 21.3 Å². The van der Waals surface area contributed by atoms with E-state index in [-0.39, 0.29) is 17.0 Å². The quantitative estimate of drug-likeness (QED) is 0.385. The number of nitrogens with zero attached hydrogens (tertiary/aromatic N) is 4. The molecule has 2 aromatic carbocycles. The van der Waals surface area contributed by atoms with E-state index in [1.54, 1.807) is 35.9 Å². The van der Waals surface area contributed by atoms with Gasteiger partial charge in [0.15, 0.2) is 10.9 Å². The molecule has 0 radical (unpaired) electrons. The summed E-state index contributed by atoms with van der Waals surface area (Å²) in [4.78, 5) is 35.0. The molecule has 0 unspecified atom stereocenters. The molecule has 0 saturated heterocycles. The van der Waals surface area contributed by atoms with Crippen molar-refractivity contribution in [2.24, 2.45) is 7.05 Å². The molecule has 0 bridgehead atoms. The van der Waals surface area contributed by atoms with E-state index in [2.05, 4.69) is 15.5 Å². The summed E-state index contributed by atoms with van der Waals surface area (Å²) in [5, 5.41) is 22.2. The highest BCUT2D eigenvalue weighted by Gasteiger charge is 2.20. The Labute approximate surface area is 163 Å². The molecule has 0 aliphatic rings. The topological polar surface area (TPSA) is 120 Å². The second-order valence-electron chi connectivity index (χ2n) is 5.85. The highest BCUT2D eigenvalue weighted by molar-refractivity contribution is 7.99. The monoisotopic (exact) mass is 397 g/mol. The molecule has 1 heterocycles. The minimum absolute atomic E-state index is 0.0792. The summed E-state index contributed by atoms with van der Waals surface area (Å²) < 4.78 is 1.64. The number of aryl methyl sites for hydroxylation is 1. The Hall–Kier alpha value is -3.53. The smallest absolute Gasteiger partial charge is 0.284 e. The van der Waals surface area contributed by atoms with Crippen LogP contribution in [0.3, 0.4) is 0 Å². The largest absolute Gasteiger partial charge is 0.322 e. The molecule has 28 heavy (non-hydrogen) atoms. The third kappa shape index (κ3) is 4.23. The van der Waals surface area contributed by atoms with Crippen molar-refractivity contribution in [3.63, 3.8) is 0 Å². The minimum atomic E-state index is -0.545. The number of amides is 1. The van der Waals surface area contributed by atoms with Crippen LogP contribution in [0.15, 0.2) is 58.8 Å². The molecule has 0 aliphatic carbocycles. The molecule has 0 spiro atoms. The van der Waals surface area contributed by atoms with E-state index in [1.165, 1.54) is 31.5 Å². The molecular weight excluding hydrogens is 382 g/mol. The third-order valence-electron chi connectivity index (χ3n) is 3.84. The van der Waals surface area contributed by atoms with Gasteiger partial charge in [0.1, 0.15) is 6.33 Å². The number of carbonyl (C=O) groups excluding carboxylic acids is 2. The zero-order valence-electron chi connectivity index (χ0n) is 14.9. The number of carbonyl (C=O) groups is 2. The van der Waals surface area contributed by atoms with Crippen LogP contribution >= 0.6 is 11.8 Å². The SMILES string of the molecule is CC(=O)c1ccc(NC(=O)c2ccc(Sc3nncn3C)c([N+](=O)[O-])c2)cc1. The van der Waals surface area contributed by atoms with Crippen LogP contribution in [-0.4, -0.2) is 31.4 Å². The standard InChI is InChI=1S/C18H15N5O4S/c1-11(24)12-3-6-14(7-4-12)20-17(25)13-5-8-16(15(9-13)23(26)27)28-18-21-19-10-22(18)2/h3-10H,1-2H3,(H,20,25). The van der Waals surface area contributed by atoms with E-state index in [9.17, 15) is 19.7 Å².